The molecule has 0 saturated carbocycles. The number of ether oxygens (including phenoxy) is 1. The van der Waals surface area contributed by atoms with Gasteiger partial charge >= 0.3 is 0 Å². The second kappa shape index (κ2) is 6.52. The first-order valence-electron chi connectivity index (χ1n) is 6.83. The Labute approximate surface area is 118 Å². The van der Waals surface area contributed by atoms with Crippen LogP contribution in [0.4, 0.5) is 0 Å². The highest BCUT2D eigenvalue weighted by atomic mass is 16.5. The Bertz CT molecular complexity index is 564. The summed E-state index contributed by atoms with van der Waals surface area (Å²) in [6.45, 7) is 5.96. The van der Waals surface area contributed by atoms with E-state index in [-0.39, 0.29) is 6.61 Å². The third kappa shape index (κ3) is 3.57. The Hall–Kier alpha value is -1.88. The van der Waals surface area contributed by atoms with Gasteiger partial charge in [0.25, 0.3) is 5.89 Å². The third-order valence-corrected chi connectivity index (χ3v) is 2.95. The smallest absolute Gasteiger partial charge is 0.264 e. The summed E-state index contributed by atoms with van der Waals surface area (Å²) in [5, 5.41) is 13.6. The quantitative estimate of drug-likeness (QED) is 0.878. The van der Waals surface area contributed by atoms with Gasteiger partial charge in [-0.05, 0) is 31.9 Å². The fraction of sp³-hybridized carbons (Fsp3) is 0.467. The molecule has 2 rings (SSSR count). The minimum absolute atomic E-state index is 0.208. The van der Waals surface area contributed by atoms with E-state index in [1.165, 1.54) is 0 Å². The lowest BCUT2D eigenvalue weighted by Gasteiger charge is -2.13. The molecule has 0 unspecified atom stereocenters. The third-order valence-electron chi connectivity index (χ3n) is 2.95. The van der Waals surface area contributed by atoms with Gasteiger partial charge in [0.2, 0.25) is 0 Å². The zero-order chi connectivity index (χ0) is 14.5. The minimum atomic E-state index is -0.580. The second-order valence-corrected chi connectivity index (χ2v) is 4.86. The van der Waals surface area contributed by atoms with Gasteiger partial charge in [-0.1, -0.05) is 24.2 Å². The van der Waals surface area contributed by atoms with Crippen molar-refractivity contribution in [3.05, 3.63) is 41.0 Å². The van der Waals surface area contributed by atoms with Crippen LogP contribution in [0, 0.1) is 6.92 Å². The number of hydrogen-bond donors (Lipinski definition) is 1. The Balaban J connectivity index is 2.07. The van der Waals surface area contributed by atoms with Crippen molar-refractivity contribution in [2.24, 2.45) is 0 Å². The molecule has 1 aromatic heterocycles. The normalized spacial score (nSPS) is 12.4. The van der Waals surface area contributed by atoms with Crippen molar-refractivity contribution in [3.8, 4) is 5.75 Å². The molecule has 1 heterocycles. The number of aryl methyl sites for hydroxylation is 2. The van der Waals surface area contributed by atoms with Crippen LogP contribution in [0.5, 0.6) is 5.75 Å². The number of hydrogen-bond acceptors (Lipinski definition) is 5. The van der Waals surface area contributed by atoms with E-state index < -0.39 is 6.10 Å². The molecular formula is C15H20N2O3. The summed E-state index contributed by atoms with van der Waals surface area (Å²) in [6, 6.07) is 5.71. The lowest BCUT2D eigenvalue weighted by atomic mass is 10.1. The van der Waals surface area contributed by atoms with Gasteiger partial charge in [0.05, 0.1) is 6.10 Å². The first-order chi connectivity index (χ1) is 9.60. The molecule has 0 saturated heterocycles. The van der Waals surface area contributed by atoms with Gasteiger partial charge in [-0.2, -0.15) is 4.98 Å². The average molecular weight is 276 g/mol. The van der Waals surface area contributed by atoms with E-state index in [9.17, 15) is 5.11 Å². The summed E-state index contributed by atoms with van der Waals surface area (Å²) >= 11 is 0. The van der Waals surface area contributed by atoms with E-state index in [1.54, 1.807) is 6.92 Å². The van der Waals surface area contributed by atoms with Crippen molar-refractivity contribution in [2.45, 2.75) is 46.3 Å². The predicted molar refractivity (Wildman–Crippen MR) is 74.4 cm³/mol. The van der Waals surface area contributed by atoms with E-state index in [1.807, 2.05) is 25.1 Å². The highest BCUT2D eigenvalue weighted by molar-refractivity contribution is 5.38. The van der Waals surface area contributed by atoms with Gasteiger partial charge in [0, 0.05) is 12.0 Å². The van der Waals surface area contributed by atoms with E-state index in [2.05, 4.69) is 17.1 Å². The molecule has 1 N–H and O–H groups in total. The van der Waals surface area contributed by atoms with Gasteiger partial charge in [-0.25, -0.2) is 0 Å². The Morgan fingerprint density at radius 3 is 2.90 bits per heavy atom. The highest BCUT2D eigenvalue weighted by Gasteiger charge is 2.12. The van der Waals surface area contributed by atoms with E-state index >= 15 is 0 Å². The van der Waals surface area contributed by atoms with Crippen LogP contribution in [0.2, 0.25) is 0 Å². The van der Waals surface area contributed by atoms with Crippen LogP contribution in [0.25, 0.3) is 0 Å². The number of aromatic nitrogens is 2. The van der Waals surface area contributed by atoms with E-state index in [0.717, 1.165) is 24.0 Å². The minimum Gasteiger partial charge on any atom is -0.483 e. The van der Waals surface area contributed by atoms with Crippen LogP contribution in [0.3, 0.4) is 0 Å². The van der Waals surface area contributed by atoms with Gasteiger partial charge in [0.15, 0.2) is 12.4 Å². The number of benzene rings is 1. The maximum atomic E-state index is 9.74. The Morgan fingerprint density at radius 2 is 2.20 bits per heavy atom. The fourth-order valence-electron chi connectivity index (χ4n) is 1.93. The number of rotatable bonds is 6. The molecule has 0 aliphatic rings. The molecule has 5 nitrogen and oxygen atoms in total. The summed E-state index contributed by atoms with van der Waals surface area (Å²) in [5.74, 6) is 1.80. The zero-order valence-corrected chi connectivity index (χ0v) is 12.1. The Morgan fingerprint density at radius 1 is 1.40 bits per heavy atom. The van der Waals surface area contributed by atoms with Crippen LogP contribution in [-0.2, 0) is 13.0 Å². The fourth-order valence-corrected chi connectivity index (χ4v) is 1.93. The van der Waals surface area contributed by atoms with Gasteiger partial charge in [-0.15, -0.1) is 0 Å². The van der Waals surface area contributed by atoms with Crippen LogP contribution in [0.1, 0.15) is 49.2 Å². The van der Waals surface area contributed by atoms with Crippen molar-refractivity contribution in [2.75, 3.05) is 0 Å². The monoisotopic (exact) mass is 276 g/mol. The van der Waals surface area contributed by atoms with Crippen molar-refractivity contribution in [1.29, 1.82) is 0 Å². The maximum absolute atomic E-state index is 9.74. The summed E-state index contributed by atoms with van der Waals surface area (Å²) in [5.41, 5.74) is 1.82. The van der Waals surface area contributed by atoms with Crippen molar-refractivity contribution in [1.82, 2.24) is 10.1 Å². The van der Waals surface area contributed by atoms with Crippen LogP contribution in [0.15, 0.2) is 22.7 Å². The van der Waals surface area contributed by atoms with Crippen molar-refractivity contribution >= 4 is 0 Å². The number of aliphatic hydroxyl groups is 1. The largest absolute Gasteiger partial charge is 0.483 e. The molecule has 1 aromatic carbocycles. The summed E-state index contributed by atoms with van der Waals surface area (Å²) in [6.07, 6.45) is 1.19. The molecule has 0 fully saturated rings. The van der Waals surface area contributed by atoms with E-state index in [4.69, 9.17) is 9.26 Å². The van der Waals surface area contributed by atoms with Crippen LogP contribution < -0.4 is 4.74 Å². The molecule has 20 heavy (non-hydrogen) atoms. The molecular weight excluding hydrogens is 256 g/mol. The zero-order valence-electron chi connectivity index (χ0n) is 12.1. The number of nitrogens with zero attached hydrogens (tertiary/aromatic N) is 2. The molecule has 0 aliphatic carbocycles. The van der Waals surface area contributed by atoms with Crippen LogP contribution >= 0.6 is 0 Å². The molecule has 2 aromatic rings. The van der Waals surface area contributed by atoms with Crippen LogP contribution in [-0.4, -0.2) is 15.2 Å². The molecule has 108 valence electrons. The summed E-state index contributed by atoms with van der Waals surface area (Å²) in [4.78, 5) is 4.25. The van der Waals surface area contributed by atoms with Gasteiger partial charge < -0.3 is 14.4 Å². The van der Waals surface area contributed by atoms with Gasteiger partial charge in [-0.3, -0.25) is 0 Å². The van der Waals surface area contributed by atoms with Gasteiger partial charge in [0.1, 0.15) is 5.75 Å². The first kappa shape index (κ1) is 14.5. The Kier molecular flexibility index (Phi) is 4.74. The summed E-state index contributed by atoms with van der Waals surface area (Å²) < 4.78 is 10.8. The van der Waals surface area contributed by atoms with Crippen molar-refractivity contribution < 1.29 is 14.4 Å². The molecule has 0 spiro atoms. The summed E-state index contributed by atoms with van der Waals surface area (Å²) in [7, 11) is 0. The molecule has 0 aliphatic heterocycles. The maximum Gasteiger partial charge on any atom is 0.264 e. The van der Waals surface area contributed by atoms with E-state index in [0.29, 0.717) is 17.5 Å². The lowest BCUT2D eigenvalue weighted by Crippen LogP contribution is -2.02. The molecule has 1 atom stereocenters. The SMILES string of the molecule is CCCc1noc(COc2cc(C)ccc2[C@@H](C)O)n1. The molecule has 0 radical (unpaired) electrons. The highest BCUT2D eigenvalue weighted by Crippen LogP contribution is 2.26. The standard InChI is InChI=1S/C15H20N2O3/c1-4-5-14-16-15(20-17-14)9-19-13-8-10(2)6-7-12(13)11(3)18/h6-8,11,18H,4-5,9H2,1-3H3/t11-/m1/s1. The molecule has 0 bridgehead atoms. The average Bonchev–Trinajstić information content (AvgIpc) is 2.84. The number of aliphatic hydroxyl groups excluding tert-OH is 1. The molecule has 0 amide bonds. The first-order valence-corrected chi connectivity index (χ1v) is 6.83. The van der Waals surface area contributed by atoms with Crippen molar-refractivity contribution in [3.63, 3.8) is 0 Å². The second-order valence-electron chi connectivity index (χ2n) is 4.86. The topological polar surface area (TPSA) is 68.4 Å². The lowest BCUT2D eigenvalue weighted by molar-refractivity contribution is 0.185. The molecule has 5 heteroatoms. The predicted octanol–water partition coefficient (Wildman–Crippen LogP) is 2.96.